The number of rotatable bonds is 5. The number of nitrogens with one attached hydrogen (secondary N) is 2. The molecule has 2 heterocycles. The lowest BCUT2D eigenvalue weighted by molar-refractivity contribution is -0.126. The van der Waals surface area contributed by atoms with E-state index in [0.29, 0.717) is 25.9 Å². The number of carbonyl (C=O) groups excluding carboxylic acids is 4. The van der Waals surface area contributed by atoms with E-state index in [-0.39, 0.29) is 23.9 Å². The van der Waals surface area contributed by atoms with Gasteiger partial charge in [0.15, 0.2) is 0 Å². The number of hydrogen-bond donors (Lipinski definition) is 2. The fourth-order valence-corrected chi connectivity index (χ4v) is 2.69. The maximum atomic E-state index is 11.7. The van der Waals surface area contributed by atoms with E-state index in [1.165, 1.54) is 9.80 Å². The molecule has 0 aromatic rings. The van der Waals surface area contributed by atoms with Crippen LogP contribution in [0.1, 0.15) is 40.5 Å². The second-order valence-electron chi connectivity index (χ2n) is 6.65. The fraction of sp³-hybridized carbons (Fsp3) is 0.714. The summed E-state index contributed by atoms with van der Waals surface area (Å²) in [5, 5.41) is 4.59. The average Bonchev–Trinajstić information content (AvgIpc) is 2.70. The van der Waals surface area contributed by atoms with Crippen LogP contribution in [0.2, 0.25) is 0 Å². The largest absolute Gasteiger partial charge is 0.324 e. The Hall–Kier alpha value is -2.12. The number of nitrogens with zero attached hydrogens (tertiary/aromatic N) is 2. The summed E-state index contributed by atoms with van der Waals surface area (Å²) in [5.41, 5.74) is -1.70. The Labute approximate surface area is 129 Å². The molecule has 0 aliphatic carbocycles. The summed E-state index contributed by atoms with van der Waals surface area (Å²) in [7, 11) is 0. The summed E-state index contributed by atoms with van der Waals surface area (Å²) in [6.45, 7) is 7.64. The molecule has 8 nitrogen and oxygen atoms in total. The van der Waals surface area contributed by atoms with Crippen molar-refractivity contribution in [3.63, 3.8) is 0 Å². The number of hydrogen-bond acceptors (Lipinski definition) is 4. The van der Waals surface area contributed by atoms with Crippen LogP contribution in [0.25, 0.3) is 0 Å². The molecular weight excluding hydrogens is 288 g/mol. The van der Waals surface area contributed by atoms with Crippen molar-refractivity contribution in [3.8, 4) is 0 Å². The molecular formula is C14H22N4O4. The summed E-state index contributed by atoms with van der Waals surface area (Å²) in [6, 6.07) is -0.770. The normalized spacial score (nSPS) is 23.1. The van der Waals surface area contributed by atoms with Gasteiger partial charge in [-0.2, -0.15) is 0 Å². The maximum Gasteiger partial charge on any atom is 0.324 e. The molecule has 2 N–H and O–H groups in total. The van der Waals surface area contributed by atoms with E-state index in [1.54, 1.807) is 27.7 Å². The second-order valence-corrected chi connectivity index (χ2v) is 6.65. The highest BCUT2D eigenvalue weighted by Gasteiger charge is 2.46. The van der Waals surface area contributed by atoms with Crippen LogP contribution in [0.3, 0.4) is 0 Å². The summed E-state index contributed by atoms with van der Waals surface area (Å²) >= 11 is 0. The molecule has 0 saturated carbocycles. The number of imide groups is 2. The highest BCUT2D eigenvalue weighted by molar-refractivity contribution is 6.07. The van der Waals surface area contributed by atoms with Gasteiger partial charge in [0.1, 0.15) is 11.1 Å². The van der Waals surface area contributed by atoms with Crippen molar-refractivity contribution < 1.29 is 19.2 Å². The molecule has 0 bridgehead atoms. The van der Waals surface area contributed by atoms with E-state index in [2.05, 4.69) is 10.6 Å². The molecule has 2 aliphatic rings. The third-order valence-corrected chi connectivity index (χ3v) is 4.41. The van der Waals surface area contributed by atoms with E-state index in [1.807, 2.05) is 0 Å². The van der Waals surface area contributed by atoms with Gasteiger partial charge in [-0.05, 0) is 40.5 Å². The zero-order chi connectivity index (χ0) is 16.7. The highest BCUT2D eigenvalue weighted by atomic mass is 16.2. The van der Waals surface area contributed by atoms with Gasteiger partial charge in [-0.1, -0.05) is 0 Å². The molecule has 0 aromatic carbocycles. The Balaban J connectivity index is 1.85. The van der Waals surface area contributed by atoms with Crippen LogP contribution in [-0.2, 0) is 9.59 Å². The molecule has 0 atom stereocenters. The number of amides is 6. The molecule has 0 aromatic heterocycles. The minimum Gasteiger partial charge on any atom is -0.310 e. The third kappa shape index (κ3) is 2.53. The zero-order valence-corrected chi connectivity index (χ0v) is 13.4. The Bertz CT molecular complexity index is 493. The Kier molecular flexibility index (Phi) is 3.88. The van der Waals surface area contributed by atoms with Gasteiger partial charge in [-0.15, -0.1) is 0 Å². The predicted molar refractivity (Wildman–Crippen MR) is 77.9 cm³/mol. The first-order chi connectivity index (χ1) is 10.1. The smallest absolute Gasteiger partial charge is 0.310 e. The van der Waals surface area contributed by atoms with Crippen molar-refractivity contribution in [2.75, 3.05) is 13.1 Å². The van der Waals surface area contributed by atoms with Crippen molar-refractivity contribution in [1.29, 1.82) is 0 Å². The number of carbonyl (C=O) groups is 4. The second kappa shape index (κ2) is 5.26. The molecule has 22 heavy (non-hydrogen) atoms. The predicted octanol–water partition coefficient (Wildman–Crippen LogP) is 0.427. The lowest BCUT2D eigenvalue weighted by Crippen LogP contribution is -2.46. The molecule has 0 spiro atoms. The molecule has 2 saturated heterocycles. The van der Waals surface area contributed by atoms with Gasteiger partial charge in [-0.3, -0.25) is 20.2 Å². The highest BCUT2D eigenvalue weighted by Crippen LogP contribution is 2.23. The number of unbranched alkanes of at least 4 members (excludes halogenated alkanes) is 1. The third-order valence-electron chi connectivity index (χ3n) is 4.41. The van der Waals surface area contributed by atoms with Crippen molar-refractivity contribution in [3.05, 3.63) is 0 Å². The van der Waals surface area contributed by atoms with Crippen molar-refractivity contribution >= 4 is 23.9 Å². The van der Waals surface area contributed by atoms with E-state index < -0.39 is 11.1 Å². The number of urea groups is 2. The molecule has 0 radical (unpaired) electrons. The molecule has 8 heteroatoms. The summed E-state index contributed by atoms with van der Waals surface area (Å²) < 4.78 is 0. The summed E-state index contributed by atoms with van der Waals surface area (Å²) in [6.07, 6.45) is 1.27. The monoisotopic (exact) mass is 310 g/mol. The molecule has 2 fully saturated rings. The Morgan fingerprint density at radius 3 is 1.27 bits per heavy atom. The maximum absolute atomic E-state index is 11.7. The van der Waals surface area contributed by atoms with Crippen LogP contribution in [0.15, 0.2) is 0 Å². The van der Waals surface area contributed by atoms with E-state index in [4.69, 9.17) is 0 Å². The summed E-state index contributed by atoms with van der Waals surface area (Å²) in [5.74, 6) is -0.605. The molecule has 6 amide bonds. The van der Waals surface area contributed by atoms with Crippen LogP contribution in [0.4, 0.5) is 9.59 Å². The molecule has 2 rings (SSSR count). The fourth-order valence-electron chi connectivity index (χ4n) is 2.69. The lowest BCUT2D eigenvalue weighted by Gasteiger charge is -2.30. The average molecular weight is 310 g/mol. The van der Waals surface area contributed by atoms with Gasteiger partial charge >= 0.3 is 12.1 Å². The van der Waals surface area contributed by atoms with Crippen LogP contribution < -0.4 is 10.6 Å². The standard InChI is InChI=1S/C14H22N4O4/c1-13(2)9(19)15-11(21)17(13)7-5-6-8-18-12(22)16-10(20)14(18,3)4/h5-8H2,1-4H3,(H,15,19,21)(H,16,20,22). The molecule has 2 aliphatic heterocycles. The van der Waals surface area contributed by atoms with Gasteiger partial charge in [-0.25, -0.2) is 9.59 Å². The summed E-state index contributed by atoms with van der Waals surface area (Å²) in [4.78, 5) is 49.7. The van der Waals surface area contributed by atoms with Gasteiger partial charge in [0, 0.05) is 13.1 Å². The Morgan fingerprint density at radius 2 is 1.05 bits per heavy atom. The van der Waals surface area contributed by atoms with E-state index >= 15 is 0 Å². The molecule has 0 unspecified atom stereocenters. The quantitative estimate of drug-likeness (QED) is 0.568. The van der Waals surface area contributed by atoms with Crippen molar-refractivity contribution in [2.24, 2.45) is 0 Å². The van der Waals surface area contributed by atoms with Crippen molar-refractivity contribution in [2.45, 2.75) is 51.6 Å². The first-order valence-corrected chi connectivity index (χ1v) is 7.34. The van der Waals surface area contributed by atoms with Gasteiger partial charge < -0.3 is 9.80 Å². The minimum absolute atomic E-state index is 0.303. The van der Waals surface area contributed by atoms with Crippen LogP contribution in [0.5, 0.6) is 0 Å². The minimum atomic E-state index is -0.850. The van der Waals surface area contributed by atoms with E-state index in [9.17, 15) is 19.2 Å². The van der Waals surface area contributed by atoms with Crippen LogP contribution in [-0.4, -0.2) is 57.8 Å². The topological polar surface area (TPSA) is 98.8 Å². The van der Waals surface area contributed by atoms with Crippen LogP contribution >= 0.6 is 0 Å². The lowest BCUT2D eigenvalue weighted by atomic mass is 10.0. The van der Waals surface area contributed by atoms with Crippen molar-refractivity contribution in [1.82, 2.24) is 20.4 Å². The van der Waals surface area contributed by atoms with Gasteiger partial charge in [0.05, 0.1) is 0 Å². The zero-order valence-electron chi connectivity index (χ0n) is 13.4. The first-order valence-electron chi connectivity index (χ1n) is 7.34. The first kappa shape index (κ1) is 16.3. The molecule has 122 valence electrons. The Morgan fingerprint density at radius 1 is 0.727 bits per heavy atom. The van der Waals surface area contributed by atoms with Crippen LogP contribution in [0, 0.1) is 0 Å². The van der Waals surface area contributed by atoms with E-state index in [0.717, 1.165) is 0 Å². The van der Waals surface area contributed by atoms with Gasteiger partial charge in [0.2, 0.25) is 0 Å². The van der Waals surface area contributed by atoms with Gasteiger partial charge in [0.25, 0.3) is 11.8 Å². The SMILES string of the molecule is CC1(C)C(=O)NC(=O)N1CCCCN1C(=O)NC(=O)C1(C)C.